The van der Waals surface area contributed by atoms with Gasteiger partial charge in [-0.1, -0.05) is 18.2 Å². The Balaban J connectivity index is 1.45. The van der Waals surface area contributed by atoms with Crippen LogP contribution in [0.2, 0.25) is 0 Å². The van der Waals surface area contributed by atoms with Gasteiger partial charge < -0.3 is 10.1 Å². The molecule has 0 amide bonds. The van der Waals surface area contributed by atoms with Gasteiger partial charge in [0.15, 0.2) is 11.6 Å². The number of nitrogens with one attached hydrogen (secondary N) is 2. The second-order valence-electron chi connectivity index (χ2n) is 9.26. The number of aryl methyl sites for hydroxylation is 2. The minimum absolute atomic E-state index is 0.181. The van der Waals surface area contributed by atoms with E-state index in [0.29, 0.717) is 42.8 Å². The lowest BCUT2D eigenvalue weighted by Crippen LogP contribution is -2.58. The van der Waals surface area contributed by atoms with Crippen LogP contribution >= 0.6 is 0 Å². The van der Waals surface area contributed by atoms with Crippen molar-refractivity contribution in [2.24, 2.45) is 13.0 Å². The summed E-state index contributed by atoms with van der Waals surface area (Å²) in [5, 5.41) is 15.7. The Morgan fingerprint density at radius 2 is 1.97 bits per heavy atom. The van der Waals surface area contributed by atoms with E-state index in [2.05, 4.69) is 20.6 Å². The first-order valence-electron chi connectivity index (χ1n) is 11.5. The highest BCUT2D eigenvalue weighted by molar-refractivity contribution is 6.19. The highest BCUT2D eigenvalue weighted by Gasteiger charge is 2.53. The summed E-state index contributed by atoms with van der Waals surface area (Å²) < 4.78 is 8.27. The molecule has 8 nitrogen and oxygen atoms in total. The van der Waals surface area contributed by atoms with E-state index in [1.54, 1.807) is 23.0 Å². The molecule has 8 heteroatoms. The molecular weight excluding hydrogens is 430 g/mol. The molecule has 1 saturated heterocycles. The lowest BCUT2D eigenvalue weighted by atomic mass is 9.70. The van der Waals surface area contributed by atoms with Crippen molar-refractivity contribution in [2.45, 2.75) is 25.4 Å². The molecular formula is C26H25N5O3. The molecule has 0 saturated carbocycles. The average molecular weight is 456 g/mol. The molecule has 2 aromatic heterocycles. The Labute approximate surface area is 196 Å². The van der Waals surface area contributed by atoms with Crippen LogP contribution in [-0.4, -0.2) is 50.2 Å². The van der Waals surface area contributed by atoms with E-state index in [9.17, 15) is 9.59 Å². The SMILES string of the molecule is Cc1n[nH]c2cc(C(=O)[C@@H]3C(=O)c4cc(-c5cnn(C)c5)ccc4OC34CCNCC4)ccc12. The zero-order chi connectivity index (χ0) is 23.4. The van der Waals surface area contributed by atoms with Gasteiger partial charge >= 0.3 is 0 Å². The van der Waals surface area contributed by atoms with Gasteiger partial charge in [-0.25, -0.2) is 0 Å². The number of hydrogen-bond acceptors (Lipinski definition) is 6. The molecule has 1 atom stereocenters. The second kappa shape index (κ2) is 7.63. The van der Waals surface area contributed by atoms with Crippen molar-refractivity contribution in [3.63, 3.8) is 0 Å². The molecule has 0 aliphatic carbocycles. The van der Waals surface area contributed by atoms with E-state index >= 15 is 0 Å². The monoisotopic (exact) mass is 455 g/mol. The number of aromatic nitrogens is 4. The fourth-order valence-electron chi connectivity index (χ4n) is 5.31. The highest BCUT2D eigenvalue weighted by Crippen LogP contribution is 2.44. The van der Waals surface area contributed by atoms with Crippen molar-refractivity contribution in [3.8, 4) is 16.9 Å². The number of ketones is 2. The van der Waals surface area contributed by atoms with Crippen LogP contribution in [0.5, 0.6) is 5.75 Å². The van der Waals surface area contributed by atoms with Crippen LogP contribution in [0.15, 0.2) is 48.8 Å². The van der Waals surface area contributed by atoms with Crippen LogP contribution in [0, 0.1) is 12.8 Å². The Kier molecular flexibility index (Phi) is 4.67. The van der Waals surface area contributed by atoms with Crippen LogP contribution in [0.1, 0.15) is 39.3 Å². The van der Waals surface area contributed by atoms with Crippen molar-refractivity contribution in [1.29, 1.82) is 0 Å². The van der Waals surface area contributed by atoms with Gasteiger partial charge in [0, 0.05) is 42.6 Å². The number of carbonyl (C=O) groups excluding carboxylic acids is 2. The highest BCUT2D eigenvalue weighted by atomic mass is 16.5. The van der Waals surface area contributed by atoms with Crippen molar-refractivity contribution < 1.29 is 14.3 Å². The number of nitrogens with zero attached hydrogens (tertiary/aromatic N) is 3. The van der Waals surface area contributed by atoms with Gasteiger partial charge in [-0.15, -0.1) is 0 Å². The first kappa shape index (κ1) is 20.8. The van der Waals surface area contributed by atoms with Crippen molar-refractivity contribution in [2.75, 3.05) is 13.1 Å². The topological polar surface area (TPSA) is 102 Å². The first-order chi connectivity index (χ1) is 16.4. The third kappa shape index (κ3) is 3.17. The first-order valence-corrected chi connectivity index (χ1v) is 11.5. The zero-order valence-corrected chi connectivity index (χ0v) is 19.1. The Hall–Kier alpha value is -3.78. The van der Waals surface area contributed by atoms with Gasteiger partial charge in [0.05, 0.1) is 23.0 Å². The van der Waals surface area contributed by atoms with Crippen LogP contribution in [0.25, 0.3) is 22.0 Å². The van der Waals surface area contributed by atoms with Crippen molar-refractivity contribution >= 4 is 22.5 Å². The maximum atomic E-state index is 14.0. The number of hydrogen-bond donors (Lipinski definition) is 2. The van der Waals surface area contributed by atoms with Crippen LogP contribution in [-0.2, 0) is 7.05 Å². The molecule has 0 radical (unpaired) electrons. The molecule has 2 aliphatic heterocycles. The second-order valence-corrected chi connectivity index (χ2v) is 9.26. The van der Waals surface area contributed by atoms with Gasteiger partial charge in [0.2, 0.25) is 0 Å². The molecule has 4 aromatic rings. The fourth-order valence-corrected chi connectivity index (χ4v) is 5.31. The van der Waals surface area contributed by atoms with E-state index in [1.165, 1.54) is 0 Å². The van der Waals surface area contributed by atoms with Crippen molar-refractivity contribution in [3.05, 3.63) is 65.6 Å². The molecule has 1 spiro atoms. The summed E-state index contributed by atoms with van der Waals surface area (Å²) in [5.74, 6) is -0.755. The number of Topliss-reactive ketones (excluding diaryl/α,β-unsaturated/α-hetero) is 2. The van der Waals surface area contributed by atoms with E-state index in [-0.39, 0.29) is 11.6 Å². The molecule has 2 aromatic carbocycles. The van der Waals surface area contributed by atoms with E-state index < -0.39 is 11.5 Å². The molecule has 0 bridgehead atoms. The predicted octanol–water partition coefficient (Wildman–Crippen LogP) is 3.47. The van der Waals surface area contributed by atoms with Crippen molar-refractivity contribution in [1.82, 2.24) is 25.3 Å². The largest absolute Gasteiger partial charge is 0.485 e. The lowest BCUT2D eigenvalue weighted by Gasteiger charge is -2.45. The number of fused-ring (bicyclic) bond motifs is 2. The molecule has 0 unspecified atom stereocenters. The molecule has 34 heavy (non-hydrogen) atoms. The maximum Gasteiger partial charge on any atom is 0.181 e. The third-order valence-electron chi connectivity index (χ3n) is 7.13. The van der Waals surface area contributed by atoms with Gasteiger partial charge in [-0.2, -0.15) is 10.2 Å². The minimum Gasteiger partial charge on any atom is -0.485 e. The molecule has 4 heterocycles. The minimum atomic E-state index is -0.910. The molecule has 172 valence electrons. The summed E-state index contributed by atoms with van der Waals surface area (Å²) in [6, 6.07) is 11.1. The zero-order valence-electron chi connectivity index (χ0n) is 19.1. The normalized spacial score (nSPS) is 19.2. The summed E-state index contributed by atoms with van der Waals surface area (Å²) in [6.45, 7) is 3.30. The number of carbonyl (C=O) groups is 2. The summed E-state index contributed by atoms with van der Waals surface area (Å²) in [4.78, 5) is 27.9. The number of H-pyrrole nitrogens is 1. The summed E-state index contributed by atoms with van der Waals surface area (Å²) in [5.41, 5.74) is 3.50. The third-order valence-corrected chi connectivity index (χ3v) is 7.13. The number of aromatic amines is 1. The fraction of sp³-hybridized carbons (Fsp3) is 0.308. The van der Waals surface area contributed by atoms with Gasteiger partial charge in [0.1, 0.15) is 17.3 Å². The number of piperidine rings is 1. The van der Waals surface area contributed by atoms with E-state index in [4.69, 9.17) is 4.74 Å². The number of benzene rings is 2. The number of rotatable bonds is 3. The standard InChI is InChI=1S/C26H25N5O3/c1-15-19-5-3-17(12-21(19)30-29-15)24(32)23-25(33)20-11-16(18-13-28-31(2)14-18)4-6-22(20)34-26(23)7-9-27-10-8-26/h3-6,11-14,23,27H,7-10H2,1-2H3,(H,29,30)/t23-/m1/s1. The van der Waals surface area contributed by atoms with Crippen LogP contribution in [0.4, 0.5) is 0 Å². The average Bonchev–Trinajstić information content (AvgIpc) is 3.44. The summed E-state index contributed by atoms with van der Waals surface area (Å²) in [7, 11) is 1.85. The molecule has 2 aliphatic rings. The Bertz CT molecular complexity index is 1440. The smallest absolute Gasteiger partial charge is 0.181 e. The quantitative estimate of drug-likeness (QED) is 0.362. The van der Waals surface area contributed by atoms with Gasteiger partial charge in [0.25, 0.3) is 0 Å². The Morgan fingerprint density at radius 1 is 1.15 bits per heavy atom. The summed E-state index contributed by atoms with van der Waals surface area (Å²) >= 11 is 0. The molecule has 2 N–H and O–H groups in total. The maximum absolute atomic E-state index is 14.0. The van der Waals surface area contributed by atoms with Gasteiger partial charge in [-0.05, 0) is 43.8 Å². The number of ether oxygens (including phenoxy) is 1. The van der Waals surface area contributed by atoms with E-state index in [0.717, 1.165) is 27.7 Å². The lowest BCUT2D eigenvalue weighted by molar-refractivity contribution is -0.0138. The van der Waals surface area contributed by atoms with Crippen LogP contribution < -0.4 is 10.1 Å². The van der Waals surface area contributed by atoms with E-state index in [1.807, 2.05) is 44.4 Å². The Morgan fingerprint density at radius 3 is 2.74 bits per heavy atom. The summed E-state index contributed by atoms with van der Waals surface area (Å²) in [6.07, 6.45) is 4.83. The predicted molar refractivity (Wildman–Crippen MR) is 127 cm³/mol. The van der Waals surface area contributed by atoms with Gasteiger partial charge in [-0.3, -0.25) is 19.4 Å². The van der Waals surface area contributed by atoms with Crippen LogP contribution in [0.3, 0.4) is 0 Å². The molecule has 1 fully saturated rings. The molecule has 6 rings (SSSR count).